The molecule has 1 aromatic rings. The third-order valence-corrected chi connectivity index (χ3v) is 3.28. The molecule has 0 saturated carbocycles. The largest absolute Gasteiger partial charge is 0.394 e. The van der Waals surface area contributed by atoms with Crippen LogP contribution in [-0.4, -0.2) is 42.0 Å². The van der Waals surface area contributed by atoms with Gasteiger partial charge in [0.1, 0.15) is 4.99 Å². The number of nitrogens with zero attached hydrogens (tertiary/aromatic N) is 1. The van der Waals surface area contributed by atoms with Crippen LogP contribution in [0.2, 0.25) is 0 Å². The van der Waals surface area contributed by atoms with Crippen molar-refractivity contribution >= 4 is 22.9 Å². The molecule has 98 valence electrons. The topological polar surface area (TPSA) is 58.7 Å². The molecule has 1 fully saturated rings. The molecular weight excluding hydrogens is 248 g/mol. The Morgan fingerprint density at radius 1 is 1.44 bits per heavy atom. The van der Waals surface area contributed by atoms with Crippen LogP contribution in [0.3, 0.4) is 0 Å². The lowest BCUT2D eigenvalue weighted by molar-refractivity contribution is -0.0421. The van der Waals surface area contributed by atoms with Crippen molar-refractivity contribution in [3.63, 3.8) is 0 Å². The molecule has 1 aliphatic heterocycles. The maximum absolute atomic E-state index is 9.21. The van der Waals surface area contributed by atoms with E-state index >= 15 is 0 Å². The van der Waals surface area contributed by atoms with Crippen molar-refractivity contribution in [1.82, 2.24) is 0 Å². The highest BCUT2D eigenvalue weighted by Gasteiger charge is 2.24. The second-order valence-corrected chi connectivity index (χ2v) is 5.01. The molecule has 2 rings (SSSR count). The summed E-state index contributed by atoms with van der Waals surface area (Å²) < 4.78 is 5.62. The molecule has 1 aromatic carbocycles. The highest BCUT2D eigenvalue weighted by Crippen LogP contribution is 2.20. The molecule has 1 saturated heterocycles. The van der Waals surface area contributed by atoms with Gasteiger partial charge in [0.15, 0.2) is 0 Å². The zero-order valence-electron chi connectivity index (χ0n) is 10.4. The van der Waals surface area contributed by atoms with Gasteiger partial charge in [-0.05, 0) is 31.2 Å². The van der Waals surface area contributed by atoms with E-state index in [0.29, 0.717) is 11.5 Å². The van der Waals surface area contributed by atoms with Crippen LogP contribution in [0.15, 0.2) is 24.3 Å². The van der Waals surface area contributed by atoms with Crippen LogP contribution >= 0.6 is 12.2 Å². The average Bonchev–Trinajstić information content (AvgIpc) is 2.38. The van der Waals surface area contributed by atoms with Crippen molar-refractivity contribution < 1.29 is 9.84 Å². The van der Waals surface area contributed by atoms with Crippen LogP contribution in [0.5, 0.6) is 0 Å². The van der Waals surface area contributed by atoms with Gasteiger partial charge >= 0.3 is 0 Å². The summed E-state index contributed by atoms with van der Waals surface area (Å²) in [5, 5.41) is 9.21. The van der Waals surface area contributed by atoms with E-state index < -0.39 is 0 Å². The molecule has 0 bridgehead atoms. The predicted octanol–water partition coefficient (Wildman–Crippen LogP) is 0.907. The quantitative estimate of drug-likeness (QED) is 0.796. The molecular formula is C13H18N2O2S. The third-order valence-electron chi connectivity index (χ3n) is 3.05. The summed E-state index contributed by atoms with van der Waals surface area (Å²) in [6.45, 7) is 3.58. The van der Waals surface area contributed by atoms with Crippen LogP contribution in [0.1, 0.15) is 12.5 Å². The number of anilines is 1. The number of hydrogen-bond acceptors (Lipinski definition) is 4. The number of benzene rings is 1. The van der Waals surface area contributed by atoms with Gasteiger partial charge in [0.25, 0.3) is 0 Å². The number of aliphatic hydroxyl groups excluding tert-OH is 1. The first kappa shape index (κ1) is 13.3. The molecule has 18 heavy (non-hydrogen) atoms. The monoisotopic (exact) mass is 266 g/mol. The summed E-state index contributed by atoms with van der Waals surface area (Å²) in [6.07, 6.45) is -0.00447. The van der Waals surface area contributed by atoms with Crippen LogP contribution < -0.4 is 10.6 Å². The summed E-state index contributed by atoms with van der Waals surface area (Å²) in [5.74, 6) is 0. The fourth-order valence-electron chi connectivity index (χ4n) is 2.19. The molecule has 4 nitrogen and oxygen atoms in total. The van der Waals surface area contributed by atoms with Gasteiger partial charge in [-0.25, -0.2) is 0 Å². The average molecular weight is 266 g/mol. The van der Waals surface area contributed by atoms with E-state index in [1.807, 2.05) is 31.2 Å². The highest BCUT2D eigenvalue weighted by atomic mass is 32.1. The van der Waals surface area contributed by atoms with Gasteiger partial charge in [-0.2, -0.15) is 0 Å². The Labute approximate surface area is 112 Å². The lowest BCUT2D eigenvalue weighted by Gasteiger charge is -2.37. The van der Waals surface area contributed by atoms with Gasteiger partial charge in [0, 0.05) is 24.3 Å². The molecule has 2 atom stereocenters. The normalized spacial score (nSPS) is 24.0. The van der Waals surface area contributed by atoms with Crippen molar-refractivity contribution in [1.29, 1.82) is 0 Å². The fourth-order valence-corrected chi connectivity index (χ4v) is 2.33. The number of aliphatic hydroxyl groups is 1. The standard InChI is InChI=1S/C13H18N2O2S/c1-9-6-15(7-12(8-16)17-9)11-4-2-10(3-5-11)13(14)18/h2-5,9,12,16H,6-8H2,1H3,(H2,14,18). The van der Waals surface area contributed by atoms with Gasteiger partial charge in [-0.1, -0.05) is 12.2 Å². The van der Waals surface area contributed by atoms with E-state index in [-0.39, 0.29) is 18.8 Å². The molecule has 0 amide bonds. The fraction of sp³-hybridized carbons (Fsp3) is 0.462. The zero-order valence-corrected chi connectivity index (χ0v) is 11.2. The zero-order chi connectivity index (χ0) is 13.1. The van der Waals surface area contributed by atoms with Crippen molar-refractivity contribution in [2.45, 2.75) is 19.1 Å². The Morgan fingerprint density at radius 2 is 2.11 bits per heavy atom. The maximum atomic E-state index is 9.21. The lowest BCUT2D eigenvalue weighted by Crippen LogP contribution is -2.48. The first-order valence-corrected chi connectivity index (χ1v) is 6.42. The second kappa shape index (κ2) is 5.65. The van der Waals surface area contributed by atoms with Gasteiger partial charge in [-0.15, -0.1) is 0 Å². The van der Waals surface area contributed by atoms with Crippen molar-refractivity contribution in [3.05, 3.63) is 29.8 Å². The SMILES string of the molecule is CC1CN(c2ccc(C(N)=S)cc2)CC(CO)O1. The minimum absolute atomic E-state index is 0.0474. The predicted molar refractivity (Wildman–Crippen MR) is 76.0 cm³/mol. The van der Waals surface area contributed by atoms with E-state index in [1.165, 1.54) is 0 Å². The van der Waals surface area contributed by atoms with E-state index in [2.05, 4.69) is 4.90 Å². The van der Waals surface area contributed by atoms with Crippen LogP contribution in [-0.2, 0) is 4.74 Å². The second-order valence-electron chi connectivity index (χ2n) is 4.57. The van der Waals surface area contributed by atoms with Crippen molar-refractivity contribution in [2.75, 3.05) is 24.6 Å². The van der Waals surface area contributed by atoms with Gasteiger partial charge in [0.2, 0.25) is 0 Å². The Morgan fingerprint density at radius 3 is 2.67 bits per heavy atom. The summed E-state index contributed by atoms with van der Waals surface area (Å²) >= 11 is 4.93. The lowest BCUT2D eigenvalue weighted by atomic mass is 10.1. The Bertz CT molecular complexity index is 422. The molecule has 2 unspecified atom stereocenters. The summed E-state index contributed by atoms with van der Waals surface area (Å²) in [6, 6.07) is 7.85. The summed E-state index contributed by atoms with van der Waals surface area (Å²) in [7, 11) is 0. The van der Waals surface area contributed by atoms with Crippen molar-refractivity contribution in [2.24, 2.45) is 5.73 Å². The van der Waals surface area contributed by atoms with E-state index in [4.69, 9.17) is 22.7 Å². The van der Waals surface area contributed by atoms with Crippen LogP contribution in [0.25, 0.3) is 0 Å². The molecule has 0 radical (unpaired) electrons. The number of ether oxygens (including phenoxy) is 1. The van der Waals surface area contributed by atoms with E-state index in [1.54, 1.807) is 0 Å². The first-order valence-electron chi connectivity index (χ1n) is 6.01. The Hall–Kier alpha value is -1.17. The minimum atomic E-state index is -0.121. The van der Waals surface area contributed by atoms with Gasteiger partial charge in [-0.3, -0.25) is 0 Å². The molecule has 0 aliphatic carbocycles. The summed E-state index contributed by atoms with van der Waals surface area (Å²) in [5.41, 5.74) is 7.54. The highest BCUT2D eigenvalue weighted by molar-refractivity contribution is 7.80. The number of hydrogen-bond donors (Lipinski definition) is 2. The minimum Gasteiger partial charge on any atom is -0.394 e. The number of rotatable bonds is 3. The van der Waals surface area contributed by atoms with E-state index in [9.17, 15) is 5.11 Å². The molecule has 5 heteroatoms. The first-order chi connectivity index (χ1) is 8.60. The number of nitrogens with two attached hydrogens (primary N) is 1. The van der Waals surface area contributed by atoms with Crippen molar-refractivity contribution in [3.8, 4) is 0 Å². The third kappa shape index (κ3) is 2.98. The molecule has 1 heterocycles. The van der Waals surface area contributed by atoms with Gasteiger partial charge < -0.3 is 20.5 Å². The van der Waals surface area contributed by atoms with Crippen LogP contribution in [0.4, 0.5) is 5.69 Å². The molecule has 0 spiro atoms. The van der Waals surface area contributed by atoms with Crippen LogP contribution in [0, 0.1) is 0 Å². The maximum Gasteiger partial charge on any atom is 0.103 e. The molecule has 3 N–H and O–H groups in total. The van der Waals surface area contributed by atoms with E-state index in [0.717, 1.165) is 17.8 Å². The Kier molecular flexibility index (Phi) is 4.16. The molecule has 1 aliphatic rings. The number of thiocarbonyl (C=S) groups is 1. The molecule has 0 aromatic heterocycles. The van der Waals surface area contributed by atoms with Gasteiger partial charge in [0.05, 0.1) is 18.8 Å². The Balaban J connectivity index is 2.12. The number of morpholine rings is 1. The summed E-state index contributed by atoms with van der Waals surface area (Å²) in [4.78, 5) is 2.61. The smallest absolute Gasteiger partial charge is 0.103 e.